The van der Waals surface area contributed by atoms with Crippen LogP contribution < -0.4 is 4.33 Å². The van der Waals surface area contributed by atoms with Crippen LogP contribution in [-0.2, 0) is 0 Å². The zero-order valence-corrected chi connectivity index (χ0v) is 10.7. The number of aromatic nitrogens is 1. The van der Waals surface area contributed by atoms with Crippen LogP contribution in [0.5, 0.6) is 0 Å². The molecule has 2 heterocycles. The minimum atomic E-state index is 0.383. The van der Waals surface area contributed by atoms with Crippen molar-refractivity contribution in [2.45, 2.75) is 4.90 Å². The van der Waals surface area contributed by atoms with E-state index in [1.54, 1.807) is 0 Å². The van der Waals surface area contributed by atoms with Crippen LogP contribution in [0.15, 0.2) is 17.0 Å². The van der Waals surface area contributed by atoms with Crippen LogP contribution in [0.25, 0.3) is 10.2 Å². The van der Waals surface area contributed by atoms with Crippen molar-refractivity contribution >= 4 is 63.4 Å². The molecule has 59 valence electrons. The first-order valence-corrected chi connectivity index (χ1v) is 10.4. The van der Waals surface area contributed by atoms with Gasteiger partial charge in [0.1, 0.15) is 0 Å². The SMILES string of the molecule is c1cc2n[se][s+]c2c2c1[N][Se]S2. The van der Waals surface area contributed by atoms with E-state index in [9.17, 15) is 0 Å². The molecule has 12 heavy (non-hydrogen) atoms. The second kappa shape index (κ2) is 2.98. The molecule has 0 fully saturated rings. The van der Waals surface area contributed by atoms with Crippen molar-refractivity contribution in [1.29, 1.82) is 0 Å². The van der Waals surface area contributed by atoms with Gasteiger partial charge in [-0.3, -0.25) is 0 Å². The summed E-state index contributed by atoms with van der Waals surface area (Å²) in [6.07, 6.45) is 0. The van der Waals surface area contributed by atoms with Crippen LogP contribution in [-0.4, -0.2) is 31.6 Å². The first-order valence-electron chi connectivity index (χ1n) is 3.21. The van der Waals surface area contributed by atoms with Gasteiger partial charge in [0.25, 0.3) is 0 Å². The van der Waals surface area contributed by atoms with Gasteiger partial charge < -0.3 is 0 Å². The molecule has 1 aliphatic rings. The molecule has 0 aliphatic carbocycles. The number of benzene rings is 1. The Morgan fingerprint density at radius 1 is 1.42 bits per heavy atom. The fraction of sp³-hybridized carbons (Fsp3) is 0. The van der Waals surface area contributed by atoms with E-state index in [0.717, 1.165) is 0 Å². The number of hydrogen-bond donors (Lipinski definition) is 0. The topological polar surface area (TPSA) is 27.0 Å². The van der Waals surface area contributed by atoms with E-state index in [1.165, 1.54) is 20.8 Å². The van der Waals surface area contributed by atoms with Crippen molar-refractivity contribution in [1.82, 2.24) is 8.31 Å². The van der Waals surface area contributed by atoms with Gasteiger partial charge in [0.05, 0.1) is 0 Å². The van der Waals surface area contributed by atoms with Gasteiger partial charge in [0, 0.05) is 0 Å². The molecule has 0 spiro atoms. The Hall–Kier alpha value is 0.429. The second-order valence-electron chi connectivity index (χ2n) is 2.26. The Morgan fingerprint density at radius 3 is 3.42 bits per heavy atom. The normalized spacial score (nSPS) is 14.7. The predicted octanol–water partition coefficient (Wildman–Crippen LogP) is 1.51. The third-order valence-corrected chi connectivity index (χ3v) is 7.97. The van der Waals surface area contributed by atoms with Crippen molar-refractivity contribution in [3.63, 3.8) is 0 Å². The summed E-state index contributed by atoms with van der Waals surface area (Å²) in [6, 6.07) is 4.20. The summed E-state index contributed by atoms with van der Waals surface area (Å²) in [6.45, 7) is 0. The Kier molecular flexibility index (Phi) is 1.94. The molecule has 6 heteroatoms. The summed E-state index contributed by atoms with van der Waals surface area (Å²) in [5.74, 6) is 0. The average molecular weight is 324 g/mol. The van der Waals surface area contributed by atoms with Crippen LogP contribution in [0.4, 0.5) is 5.69 Å². The molecule has 1 aromatic carbocycles. The van der Waals surface area contributed by atoms with Crippen LogP contribution in [0.2, 0.25) is 0 Å². The molecule has 1 aromatic heterocycles. The van der Waals surface area contributed by atoms with E-state index < -0.39 is 0 Å². The van der Waals surface area contributed by atoms with Gasteiger partial charge in [-0.2, -0.15) is 0 Å². The summed E-state index contributed by atoms with van der Waals surface area (Å²) >= 11 is 0.765. The summed E-state index contributed by atoms with van der Waals surface area (Å²) in [5.41, 5.74) is 2.39. The quantitative estimate of drug-likeness (QED) is 0.543. The maximum absolute atomic E-state index is 4.45. The molecule has 0 unspecified atom stereocenters. The molecule has 0 amide bonds. The third-order valence-electron chi connectivity index (χ3n) is 1.58. The molecular formula is C6H2N2S2Se2+. The molecule has 0 atom stereocenters. The van der Waals surface area contributed by atoms with Gasteiger partial charge in [-0.25, -0.2) is 0 Å². The fourth-order valence-electron chi connectivity index (χ4n) is 1.04. The number of nitrogens with zero attached hydrogens (tertiary/aromatic N) is 2. The van der Waals surface area contributed by atoms with Crippen LogP contribution >= 0.6 is 19.9 Å². The zero-order valence-electron chi connectivity index (χ0n) is 5.68. The summed E-state index contributed by atoms with van der Waals surface area (Å²) in [7, 11) is 3.80. The molecule has 1 aliphatic heterocycles. The van der Waals surface area contributed by atoms with E-state index >= 15 is 0 Å². The maximum atomic E-state index is 4.45. The molecule has 0 bridgehead atoms. The van der Waals surface area contributed by atoms with Crippen molar-refractivity contribution in [3.05, 3.63) is 12.1 Å². The Morgan fingerprint density at radius 2 is 2.42 bits per heavy atom. The van der Waals surface area contributed by atoms with E-state index in [4.69, 9.17) is 0 Å². The fourth-order valence-corrected chi connectivity index (χ4v) is 8.59. The van der Waals surface area contributed by atoms with Crippen molar-refractivity contribution in [3.8, 4) is 0 Å². The van der Waals surface area contributed by atoms with Crippen LogP contribution in [0.3, 0.4) is 0 Å². The van der Waals surface area contributed by atoms with Gasteiger partial charge in [0.15, 0.2) is 0 Å². The molecule has 1 radical (unpaired) electrons. The van der Waals surface area contributed by atoms with Crippen LogP contribution in [0, 0.1) is 0 Å². The van der Waals surface area contributed by atoms with Crippen molar-refractivity contribution in [2.24, 2.45) is 0 Å². The summed E-state index contributed by atoms with van der Waals surface area (Å²) in [5, 5.41) is 0. The third kappa shape index (κ3) is 1.07. The Labute approximate surface area is 88.2 Å². The standard InChI is InChI=1S/C6H2N2S2Se2/c1-2-4-6(10-12-8-4)5-3(1)7-11-9-5/h1-2H/q+1. The van der Waals surface area contributed by atoms with Gasteiger partial charge in [-0.15, -0.1) is 0 Å². The van der Waals surface area contributed by atoms with Gasteiger partial charge >= 0.3 is 88.8 Å². The Balaban J connectivity index is 2.46. The molecule has 3 rings (SSSR count). The zero-order chi connectivity index (χ0) is 7.97. The molecule has 0 saturated heterocycles. The van der Waals surface area contributed by atoms with E-state index in [-0.39, 0.29) is 0 Å². The second-order valence-corrected chi connectivity index (χ2v) is 8.45. The van der Waals surface area contributed by atoms with Gasteiger partial charge in [0.2, 0.25) is 0 Å². The number of hydrogen-bond acceptors (Lipinski definition) is 2. The molecule has 0 saturated carbocycles. The molecular weight excluding hydrogens is 322 g/mol. The van der Waals surface area contributed by atoms with Crippen molar-refractivity contribution < 1.29 is 0 Å². The first-order chi connectivity index (χ1) is 5.95. The average Bonchev–Trinajstić information content (AvgIpc) is 2.71. The predicted molar refractivity (Wildman–Crippen MR) is 54.4 cm³/mol. The van der Waals surface area contributed by atoms with E-state index in [2.05, 4.69) is 20.4 Å². The Bertz CT molecular complexity index is 442. The van der Waals surface area contributed by atoms with Gasteiger partial charge in [-0.05, 0) is 0 Å². The molecule has 0 N–H and O–H groups in total. The summed E-state index contributed by atoms with van der Waals surface area (Å²) in [4.78, 5) is 1.39. The molecule has 2 aromatic rings. The first kappa shape index (κ1) is 7.80. The number of fused-ring (bicyclic) bond motifs is 3. The monoisotopic (exact) mass is 326 g/mol. The van der Waals surface area contributed by atoms with Gasteiger partial charge in [-0.1, -0.05) is 0 Å². The van der Waals surface area contributed by atoms with E-state index in [0.29, 0.717) is 27.6 Å². The molecule has 2 nitrogen and oxygen atoms in total. The minimum absolute atomic E-state index is 0.383. The summed E-state index contributed by atoms with van der Waals surface area (Å²) < 4.78 is 10.3. The van der Waals surface area contributed by atoms with E-state index in [1.807, 2.05) is 19.9 Å². The van der Waals surface area contributed by atoms with Crippen molar-refractivity contribution in [2.75, 3.05) is 0 Å². The number of rotatable bonds is 0. The van der Waals surface area contributed by atoms with Crippen LogP contribution in [0.1, 0.15) is 0 Å².